The molecule has 0 aliphatic heterocycles. The van der Waals surface area contributed by atoms with Crippen molar-refractivity contribution in [1.82, 2.24) is 4.98 Å². The maximum atomic E-state index is 7.15. The number of benzene rings is 7. The van der Waals surface area contributed by atoms with Crippen molar-refractivity contribution in [2.75, 3.05) is 0 Å². The molecule has 10 rings (SSSR count). The van der Waals surface area contributed by atoms with E-state index in [1.807, 2.05) is 6.07 Å². The zero-order valence-electron chi connectivity index (χ0n) is 27.9. The lowest BCUT2D eigenvalue weighted by Gasteiger charge is -2.28. The second-order valence-corrected chi connectivity index (χ2v) is 13.9. The minimum Gasteiger partial charge on any atom is -0.455 e. The van der Waals surface area contributed by atoms with Crippen LogP contribution in [-0.2, 0) is 5.41 Å². The molecule has 236 valence electrons. The number of aromatic nitrogens is 1. The van der Waals surface area contributed by atoms with E-state index in [0.717, 1.165) is 61.1 Å². The Morgan fingerprint density at radius 3 is 2.02 bits per heavy atom. The summed E-state index contributed by atoms with van der Waals surface area (Å²) in [5.41, 5.74) is 14.5. The first-order chi connectivity index (χ1) is 24.6. The van der Waals surface area contributed by atoms with Gasteiger partial charge in [-0.1, -0.05) is 159 Å². The number of rotatable bonds is 3. The van der Waals surface area contributed by atoms with Crippen LogP contribution in [0.2, 0.25) is 0 Å². The molecule has 9 aromatic rings. The fourth-order valence-corrected chi connectivity index (χ4v) is 8.22. The minimum atomic E-state index is -0.245. The summed E-state index contributed by atoms with van der Waals surface area (Å²) in [5.74, 6) is 0.934. The van der Waals surface area contributed by atoms with Crippen molar-refractivity contribution >= 4 is 32.6 Å². The Bertz CT molecular complexity index is 2790. The molecule has 1 aliphatic rings. The van der Waals surface area contributed by atoms with E-state index in [1.54, 1.807) is 0 Å². The second kappa shape index (κ2) is 10.9. The smallest absolute Gasteiger partial charge is 0.143 e. The van der Waals surface area contributed by atoms with Gasteiger partial charge in [0, 0.05) is 38.4 Å². The van der Waals surface area contributed by atoms with Crippen molar-refractivity contribution in [1.29, 1.82) is 0 Å². The molecule has 0 spiro atoms. The molecule has 2 heteroatoms. The fraction of sp³-hybridized carbons (Fsp3) is 0.0625. The van der Waals surface area contributed by atoms with Crippen LogP contribution in [0.5, 0.6) is 0 Å². The highest BCUT2D eigenvalue weighted by molar-refractivity contribution is 6.13. The summed E-state index contributed by atoms with van der Waals surface area (Å²) in [4.78, 5) is 5.06. The van der Waals surface area contributed by atoms with E-state index < -0.39 is 0 Å². The maximum Gasteiger partial charge on any atom is 0.143 e. The van der Waals surface area contributed by atoms with E-state index in [0.29, 0.717) is 0 Å². The summed E-state index contributed by atoms with van der Waals surface area (Å²) < 4.78 is 7.15. The number of nitrogens with zero attached hydrogens (tertiary/aromatic N) is 1. The van der Waals surface area contributed by atoms with Gasteiger partial charge < -0.3 is 4.42 Å². The molecule has 0 fully saturated rings. The topological polar surface area (TPSA) is 26.0 Å². The van der Waals surface area contributed by atoms with E-state index in [1.165, 1.54) is 38.6 Å². The van der Waals surface area contributed by atoms with Gasteiger partial charge in [0.2, 0.25) is 0 Å². The van der Waals surface area contributed by atoms with Gasteiger partial charge in [-0.25, -0.2) is 4.98 Å². The van der Waals surface area contributed by atoms with Crippen LogP contribution in [0.1, 0.15) is 25.0 Å². The Morgan fingerprint density at radius 1 is 0.460 bits per heavy atom. The molecule has 0 atom stereocenters. The number of fused-ring (bicyclic) bond motifs is 9. The average molecular weight is 640 g/mol. The van der Waals surface area contributed by atoms with Crippen LogP contribution in [0, 0.1) is 0 Å². The molecular weight excluding hydrogens is 607 g/mol. The molecule has 7 aromatic carbocycles. The molecular formula is C48H33NO. The zero-order chi connectivity index (χ0) is 33.4. The highest BCUT2D eigenvalue weighted by Gasteiger charge is 2.36. The van der Waals surface area contributed by atoms with Gasteiger partial charge in [-0.3, -0.25) is 0 Å². The molecule has 0 N–H and O–H groups in total. The standard InChI is InChI=1S/C48H33NO/c1-48(2)41-21-10-9-18-39(41)47-45(38-25-23-32(29-42(38)48)30-13-4-3-5-14-30)40-20-12-19-37(46(40)50-47)35-26-27-36(34-17-8-7-16-33(34)35)44-28-24-31-15-6-11-22-43(31)49-44/h3-29H,1-2H3. The quantitative estimate of drug-likeness (QED) is 0.192. The molecule has 2 heterocycles. The number of para-hydroxylation sites is 2. The fourth-order valence-electron chi connectivity index (χ4n) is 8.22. The summed E-state index contributed by atoms with van der Waals surface area (Å²) in [7, 11) is 0. The second-order valence-electron chi connectivity index (χ2n) is 13.9. The molecule has 2 nitrogen and oxygen atoms in total. The van der Waals surface area contributed by atoms with Crippen LogP contribution in [-0.4, -0.2) is 4.98 Å². The highest BCUT2D eigenvalue weighted by Crippen LogP contribution is 2.54. The predicted molar refractivity (Wildman–Crippen MR) is 208 cm³/mol. The van der Waals surface area contributed by atoms with E-state index in [2.05, 4.69) is 172 Å². The molecule has 50 heavy (non-hydrogen) atoms. The van der Waals surface area contributed by atoms with Crippen molar-refractivity contribution in [2.45, 2.75) is 19.3 Å². The van der Waals surface area contributed by atoms with Gasteiger partial charge in [0.05, 0.1) is 11.2 Å². The third-order valence-corrected chi connectivity index (χ3v) is 10.7. The summed E-state index contributed by atoms with van der Waals surface area (Å²) in [5, 5.41) is 4.62. The maximum absolute atomic E-state index is 7.15. The van der Waals surface area contributed by atoms with E-state index in [-0.39, 0.29) is 5.41 Å². The highest BCUT2D eigenvalue weighted by atomic mass is 16.3. The van der Waals surface area contributed by atoms with Gasteiger partial charge in [0.1, 0.15) is 11.3 Å². The van der Waals surface area contributed by atoms with Crippen LogP contribution in [0.15, 0.2) is 168 Å². The Hall–Kier alpha value is -6.25. The number of pyridine rings is 1. The van der Waals surface area contributed by atoms with Gasteiger partial charge in [-0.05, 0) is 62.4 Å². The van der Waals surface area contributed by atoms with E-state index in [9.17, 15) is 0 Å². The van der Waals surface area contributed by atoms with Crippen LogP contribution in [0.25, 0.3) is 88.6 Å². The van der Waals surface area contributed by atoms with Crippen molar-refractivity contribution < 1.29 is 4.42 Å². The Labute approximate surface area is 291 Å². The summed E-state index contributed by atoms with van der Waals surface area (Å²) in [6, 6.07) is 58.8. The van der Waals surface area contributed by atoms with Gasteiger partial charge in [0.15, 0.2) is 0 Å². The predicted octanol–water partition coefficient (Wildman–Crippen LogP) is 13.1. The van der Waals surface area contributed by atoms with Crippen LogP contribution >= 0.6 is 0 Å². The SMILES string of the molecule is CC1(C)c2ccccc2-c2oc3c(-c4ccc(-c5ccc6ccccc6n5)c5ccccc45)cccc3c2-c2ccc(-c3ccccc3)cc21. The molecule has 0 saturated carbocycles. The largest absolute Gasteiger partial charge is 0.455 e. The van der Waals surface area contributed by atoms with E-state index >= 15 is 0 Å². The number of hydrogen-bond acceptors (Lipinski definition) is 2. The van der Waals surface area contributed by atoms with Crippen molar-refractivity contribution in [3.05, 3.63) is 175 Å². The normalized spacial score (nSPS) is 13.2. The molecule has 0 saturated heterocycles. The lowest BCUT2D eigenvalue weighted by Crippen LogP contribution is -2.20. The van der Waals surface area contributed by atoms with E-state index in [4.69, 9.17) is 9.40 Å². The lowest BCUT2D eigenvalue weighted by molar-refractivity contribution is 0.622. The first-order valence-electron chi connectivity index (χ1n) is 17.3. The Morgan fingerprint density at radius 2 is 1.14 bits per heavy atom. The van der Waals surface area contributed by atoms with Gasteiger partial charge in [-0.2, -0.15) is 0 Å². The molecule has 0 unspecified atom stereocenters. The van der Waals surface area contributed by atoms with Gasteiger partial charge in [0.25, 0.3) is 0 Å². The zero-order valence-corrected chi connectivity index (χ0v) is 27.9. The third-order valence-electron chi connectivity index (χ3n) is 10.7. The third kappa shape index (κ3) is 4.25. The minimum absolute atomic E-state index is 0.245. The summed E-state index contributed by atoms with van der Waals surface area (Å²) >= 11 is 0. The summed E-state index contributed by atoms with van der Waals surface area (Å²) in [6.07, 6.45) is 0. The number of furan rings is 1. The van der Waals surface area contributed by atoms with Crippen molar-refractivity contribution in [3.8, 4) is 56.0 Å². The average Bonchev–Trinajstić information content (AvgIpc) is 3.54. The molecule has 0 bridgehead atoms. The lowest BCUT2D eigenvalue weighted by atomic mass is 9.74. The Kier molecular flexibility index (Phi) is 6.25. The molecule has 0 amide bonds. The first-order valence-corrected chi connectivity index (χ1v) is 17.3. The Balaban J connectivity index is 1.22. The molecule has 1 aliphatic carbocycles. The monoisotopic (exact) mass is 639 g/mol. The van der Waals surface area contributed by atoms with Crippen molar-refractivity contribution in [3.63, 3.8) is 0 Å². The number of hydrogen-bond donors (Lipinski definition) is 0. The first kappa shape index (κ1) is 28.7. The van der Waals surface area contributed by atoms with Crippen LogP contribution in [0.3, 0.4) is 0 Å². The van der Waals surface area contributed by atoms with Crippen molar-refractivity contribution in [2.24, 2.45) is 0 Å². The van der Waals surface area contributed by atoms with Crippen LogP contribution in [0.4, 0.5) is 0 Å². The molecule has 2 aromatic heterocycles. The van der Waals surface area contributed by atoms with Crippen LogP contribution < -0.4 is 0 Å². The van der Waals surface area contributed by atoms with Gasteiger partial charge >= 0.3 is 0 Å². The molecule has 0 radical (unpaired) electrons. The van der Waals surface area contributed by atoms with Gasteiger partial charge in [-0.15, -0.1) is 0 Å². The summed E-state index contributed by atoms with van der Waals surface area (Å²) in [6.45, 7) is 4.69.